The highest BCUT2D eigenvalue weighted by Gasteiger charge is 2.10. The third kappa shape index (κ3) is 4.70. The van der Waals surface area contributed by atoms with Gasteiger partial charge in [0.1, 0.15) is 23.1 Å². The van der Waals surface area contributed by atoms with E-state index in [9.17, 15) is 8.78 Å². The quantitative estimate of drug-likeness (QED) is 0.624. The average Bonchev–Trinajstić information content (AvgIpc) is 2.45. The Morgan fingerprint density at radius 3 is 1.55 bits per heavy atom. The van der Waals surface area contributed by atoms with Gasteiger partial charge in [-0.05, 0) is 60.4 Å². The lowest BCUT2D eigenvalue weighted by Gasteiger charge is -2.14. The van der Waals surface area contributed by atoms with Crippen LogP contribution >= 0.6 is 12.4 Å². The first-order valence-corrected chi connectivity index (χ1v) is 7.38. The molecular formula is C18H21ClF2O. The molecule has 0 fully saturated rings. The predicted molar refractivity (Wildman–Crippen MR) is 88.1 cm³/mol. The van der Waals surface area contributed by atoms with Gasteiger partial charge in [0.15, 0.2) is 0 Å². The van der Waals surface area contributed by atoms with Gasteiger partial charge in [0, 0.05) is 0 Å². The van der Waals surface area contributed by atoms with Crippen LogP contribution in [0.3, 0.4) is 0 Å². The standard InChI is InChI=1S/C18H20F2O.ClH/c1-3-5-13-11-15(19)7-9-17(13)21-18-10-8-16(20)12-14(18)6-4-2;/h7-12H,3-6H2,1-2H3;1H. The van der Waals surface area contributed by atoms with E-state index in [1.807, 2.05) is 13.8 Å². The van der Waals surface area contributed by atoms with E-state index in [1.54, 1.807) is 12.1 Å². The second kappa shape index (κ2) is 8.74. The Labute approximate surface area is 136 Å². The van der Waals surface area contributed by atoms with Gasteiger partial charge in [0.2, 0.25) is 0 Å². The molecule has 0 radical (unpaired) electrons. The molecule has 0 unspecified atom stereocenters. The van der Waals surface area contributed by atoms with Crippen molar-refractivity contribution < 1.29 is 13.5 Å². The third-order valence-electron chi connectivity index (χ3n) is 3.30. The second-order valence-corrected chi connectivity index (χ2v) is 5.11. The first kappa shape index (κ1) is 18.4. The summed E-state index contributed by atoms with van der Waals surface area (Å²) < 4.78 is 32.6. The van der Waals surface area contributed by atoms with Crippen LogP contribution in [-0.4, -0.2) is 0 Å². The Bertz CT molecular complexity index is 561. The molecule has 0 heterocycles. The number of aryl methyl sites for hydroxylation is 2. The lowest BCUT2D eigenvalue weighted by atomic mass is 10.1. The monoisotopic (exact) mass is 326 g/mol. The summed E-state index contributed by atoms with van der Waals surface area (Å²) in [6.45, 7) is 4.07. The van der Waals surface area contributed by atoms with Crippen molar-refractivity contribution in [3.05, 3.63) is 59.2 Å². The number of ether oxygens (including phenoxy) is 1. The van der Waals surface area contributed by atoms with Crippen molar-refractivity contribution in [2.24, 2.45) is 0 Å². The van der Waals surface area contributed by atoms with Crippen LogP contribution < -0.4 is 4.74 Å². The smallest absolute Gasteiger partial charge is 0.130 e. The van der Waals surface area contributed by atoms with E-state index < -0.39 is 0 Å². The van der Waals surface area contributed by atoms with Gasteiger partial charge in [-0.25, -0.2) is 8.78 Å². The first-order chi connectivity index (χ1) is 10.1. The normalized spacial score (nSPS) is 10.2. The van der Waals surface area contributed by atoms with E-state index in [0.29, 0.717) is 11.5 Å². The van der Waals surface area contributed by atoms with Gasteiger partial charge < -0.3 is 4.74 Å². The molecule has 0 spiro atoms. The van der Waals surface area contributed by atoms with E-state index in [2.05, 4.69) is 0 Å². The highest BCUT2D eigenvalue weighted by Crippen LogP contribution is 2.30. The summed E-state index contributed by atoms with van der Waals surface area (Å²) in [4.78, 5) is 0. The molecule has 4 heteroatoms. The van der Waals surface area contributed by atoms with Crippen molar-refractivity contribution in [2.45, 2.75) is 39.5 Å². The van der Waals surface area contributed by atoms with E-state index in [1.165, 1.54) is 24.3 Å². The summed E-state index contributed by atoms with van der Waals surface area (Å²) in [7, 11) is 0. The van der Waals surface area contributed by atoms with E-state index in [0.717, 1.165) is 36.8 Å². The Hall–Kier alpha value is -1.61. The molecule has 0 atom stereocenters. The zero-order valence-corrected chi connectivity index (χ0v) is 13.7. The minimum atomic E-state index is -0.265. The lowest BCUT2D eigenvalue weighted by Crippen LogP contribution is -1.97. The third-order valence-corrected chi connectivity index (χ3v) is 3.30. The highest BCUT2D eigenvalue weighted by molar-refractivity contribution is 5.85. The number of rotatable bonds is 6. The number of hydrogen-bond acceptors (Lipinski definition) is 1. The molecule has 0 aliphatic carbocycles. The molecule has 0 aliphatic rings. The van der Waals surface area contributed by atoms with Crippen LogP contribution in [0.4, 0.5) is 8.78 Å². The molecule has 2 rings (SSSR count). The number of halogens is 3. The number of hydrogen-bond donors (Lipinski definition) is 0. The summed E-state index contributed by atoms with van der Waals surface area (Å²) in [6.07, 6.45) is 3.31. The van der Waals surface area contributed by atoms with Crippen LogP contribution in [0.5, 0.6) is 11.5 Å². The van der Waals surface area contributed by atoms with Crippen LogP contribution in [0.1, 0.15) is 37.8 Å². The summed E-state index contributed by atoms with van der Waals surface area (Å²) in [5.74, 6) is 0.752. The van der Waals surface area contributed by atoms with Crippen molar-refractivity contribution >= 4 is 12.4 Å². The lowest BCUT2D eigenvalue weighted by molar-refractivity contribution is 0.464. The maximum atomic E-state index is 13.4. The van der Waals surface area contributed by atoms with Gasteiger partial charge in [-0.3, -0.25) is 0 Å². The molecule has 22 heavy (non-hydrogen) atoms. The fourth-order valence-electron chi connectivity index (χ4n) is 2.34. The largest absolute Gasteiger partial charge is 0.457 e. The Morgan fingerprint density at radius 1 is 0.773 bits per heavy atom. The summed E-state index contributed by atoms with van der Waals surface area (Å²) in [5, 5.41) is 0. The van der Waals surface area contributed by atoms with Crippen LogP contribution in [0.15, 0.2) is 36.4 Å². The summed E-state index contributed by atoms with van der Waals surface area (Å²) in [5.41, 5.74) is 1.67. The van der Waals surface area contributed by atoms with Crippen molar-refractivity contribution in [3.8, 4) is 11.5 Å². The highest BCUT2D eigenvalue weighted by atomic mass is 35.5. The molecule has 0 aliphatic heterocycles. The van der Waals surface area contributed by atoms with Gasteiger partial charge in [0.25, 0.3) is 0 Å². The maximum absolute atomic E-state index is 13.4. The maximum Gasteiger partial charge on any atom is 0.130 e. The van der Waals surface area contributed by atoms with Gasteiger partial charge in [-0.15, -0.1) is 12.4 Å². The van der Waals surface area contributed by atoms with Crippen LogP contribution in [0, 0.1) is 11.6 Å². The molecule has 0 saturated heterocycles. The van der Waals surface area contributed by atoms with Gasteiger partial charge in [0.05, 0.1) is 0 Å². The summed E-state index contributed by atoms with van der Waals surface area (Å²) >= 11 is 0. The Morgan fingerprint density at radius 2 is 1.18 bits per heavy atom. The molecule has 1 nitrogen and oxygen atoms in total. The zero-order valence-electron chi connectivity index (χ0n) is 12.9. The minimum Gasteiger partial charge on any atom is -0.457 e. The van der Waals surface area contributed by atoms with Crippen molar-refractivity contribution in [1.82, 2.24) is 0 Å². The molecule has 0 amide bonds. The average molecular weight is 327 g/mol. The molecule has 0 N–H and O–H groups in total. The van der Waals surface area contributed by atoms with E-state index >= 15 is 0 Å². The van der Waals surface area contributed by atoms with Gasteiger partial charge >= 0.3 is 0 Å². The zero-order chi connectivity index (χ0) is 15.2. The fraction of sp³-hybridized carbons (Fsp3) is 0.333. The Balaban J connectivity index is 0.00000242. The summed E-state index contributed by atoms with van der Waals surface area (Å²) in [6, 6.07) is 9.05. The molecule has 2 aromatic rings. The van der Waals surface area contributed by atoms with Crippen LogP contribution in [-0.2, 0) is 12.8 Å². The van der Waals surface area contributed by atoms with Crippen LogP contribution in [0.2, 0.25) is 0 Å². The number of benzene rings is 2. The van der Waals surface area contributed by atoms with E-state index in [4.69, 9.17) is 4.74 Å². The van der Waals surface area contributed by atoms with E-state index in [-0.39, 0.29) is 24.0 Å². The van der Waals surface area contributed by atoms with Crippen molar-refractivity contribution in [1.29, 1.82) is 0 Å². The minimum absolute atomic E-state index is 0. The topological polar surface area (TPSA) is 9.23 Å². The molecule has 2 aromatic carbocycles. The SMILES string of the molecule is CCCc1cc(F)ccc1Oc1ccc(F)cc1CCC.Cl. The molecular weight excluding hydrogens is 306 g/mol. The second-order valence-electron chi connectivity index (χ2n) is 5.11. The van der Waals surface area contributed by atoms with Gasteiger partial charge in [-0.1, -0.05) is 26.7 Å². The fourth-order valence-corrected chi connectivity index (χ4v) is 2.34. The molecule has 0 bridgehead atoms. The molecule has 0 saturated carbocycles. The van der Waals surface area contributed by atoms with Crippen molar-refractivity contribution in [3.63, 3.8) is 0 Å². The molecule has 0 aromatic heterocycles. The predicted octanol–water partition coefficient (Wildman–Crippen LogP) is 6.08. The Kier molecular flexibility index (Phi) is 7.33. The van der Waals surface area contributed by atoms with Crippen molar-refractivity contribution in [2.75, 3.05) is 0 Å². The molecule has 120 valence electrons. The first-order valence-electron chi connectivity index (χ1n) is 7.38. The van der Waals surface area contributed by atoms with Gasteiger partial charge in [-0.2, -0.15) is 0 Å². The van der Waals surface area contributed by atoms with Crippen LogP contribution in [0.25, 0.3) is 0 Å².